The van der Waals surface area contributed by atoms with Crippen LogP contribution in [0.5, 0.6) is 0 Å². The normalized spacial score (nSPS) is 10.8. The summed E-state index contributed by atoms with van der Waals surface area (Å²) in [5, 5.41) is 11.3. The van der Waals surface area contributed by atoms with Gasteiger partial charge in [-0.15, -0.1) is 21.5 Å². The van der Waals surface area contributed by atoms with Crippen molar-refractivity contribution >= 4 is 29.0 Å². The smallest absolute Gasteiger partial charge is 0.233 e. The van der Waals surface area contributed by atoms with E-state index < -0.39 is 0 Å². The zero-order valence-electron chi connectivity index (χ0n) is 14.5. The van der Waals surface area contributed by atoms with Crippen LogP contribution >= 0.6 is 23.1 Å². The molecule has 25 heavy (non-hydrogen) atoms. The molecule has 0 unspecified atom stereocenters. The van der Waals surface area contributed by atoms with Gasteiger partial charge in [0.15, 0.2) is 11.0 Å². The molecule has 2 heterocycles. The average Bonchev–Trinajstić information content (AvgIpc) is 3.23. The summed E-state index contributed by atoms with van der Waals surface area (Å²) in [5.74, 6) is 1.25. The number of benzene rings is 1. The highest BCUT2D eigenvalue weighted by Crippen LogP contribution is 2.25. The summed E-state index contributed by atoms with van der Waals surface area (Å²) in [5.41, 5.74) is 2.21. The van der Waals surface area contributed by atoms with E-state index in [1.807, 2.05) is 54.4 Å². The van der Waals surface area contributed by atoms with Crippen molar-refractivity contribution in [3.8, 4) is 11.4 Å². The van der Waals surface area contributed by atoms with Gasteiger partial charge >= 0.3 is 0 Å². The number of aryl methyl sites for hydroxylation is 1. The number of amides is 1. The molecule has 1 amide bonds. The van der Waals surface area contributed by atoms with Crippen LogP contribution in [0.2, 0.25) is 0 Å². The summed E-state index contributed by atoms with van der Waals surface area (Å²) in [4.78, 5) is 15.3. The zero-order chi connectivity index (χ0) is 17.8. The first-order valence-electron chi connectivity index (χ1n) is 7.91. The van der Waals surface area contributed by atoms with Gasteiger partial charge in [-0.3, -0.25) is 4.79 Å². The van der Waals surface area contributed by atoms with Crippen LogP contribution in [0.1, 0.15) is 10.4 Å². The first-order valence-corrected chi connectivity index (χ1v) is 9.77. The number of nitrogens with zero attached hydrogens (tertiary/aromatic N) is 4. The lowest BCUT2D eigenvalue weighted by Crippen LogP contribution is -2.27. The highest BCUT2D eigenvalue weighted by atomic mass is 32.2. The molecule has 0 saturated carbocycles. The summed E-state index contributed by atoms with van der Waals surface area (Å²) >= 11 is 3.08. The number of hydrogen-bond donors (Lipinski definition) is 0. The number of carbonyl (C=O) groups is 1. The summed E-state index contributed by atoms with van der Waals surface area (Å²) in [7, 11) is 3.77. The Morgan fingerprint density at radius 3 is 2.76 bits per heavy atom. The van der Waals surface area contributed by atoms with Crippen LogP contribution in [0.15, 0.2) is 46.9 Å². The Morgan fingerprint density at radius 1 is 1.24 bits per heavy atom. The van der Waals surface area contributed by atoms with Gasteiger partial charge in [0, 0.05) is 24.5 Å². The summed E-state index contributed by atoms with van der Waals surface area (Å²) in [6.07, 6.45) is 0. The van der Waals surface area contributed by atoms with Crippen LogP contribution < -0.4 is 0 Å². The molecule has 0 N–H and O–H groups in total. The zero-order valence-corrected chi connectivity index (χ0v) is 16.1. The quantitative estimate of drug-likeness (QED) is 0.620. The van der Waals surface area contributed by atoms with Gasteiger partial charge in [0.05, 0.1) is 12.3 Å². The predicted octanol–water partition coefficient (Wildman–Crippen LogP) is 3.60. The third-order valence-electron chi connectivity index (χ3n) is 3.94. The van der Waals surface area contributed by atoms with Crippen molar-refractivity contribution in [1.29, 1.82) is 0 Å². The summed E-state index contributed by atoms with van der Waals surface area (Å²) < 4.78 is 1.94. The van der Waals surface area contributed by atoms with Crippen molar-refractivity contribution < 1.29 is 4.79 Å². The first-order chi connectivity index (χ1) is 12.1. The number of aromatic nitrogens is 3. The molecule has 0 aliphatic carbocycles. The highest BCUT2D eigenvalue weighted by Gasteiger charge is 2.16. The summed E-state index contributed by atoms with van der Waals surface area (Å²) in [6, 6.07) is 12.1. The van der Waals surface area contributed by atoms with E-state index in [-0.39, 0.29) is 5.91 Å². The van der Waals surface area contributed by atoms with Crippen molar-refractivity contribution in [1.82, 2.24) is 19.7 Å². The molecule has 3 aromatic rings. The van der Waals surface area contributed by atoms with Crippen molar-refractivity contribution in [3.05, 3.63) is 52.2 Å². The lowest BCUT2D eigenvalue weighted by molar-refractivity contribution is -0.127. The lowest BCUT2D eigenvalue weighted by Gasteiger charge is -2.15. The predicted molar refractivity (Wildman–Crippen MR) is 103 cm³/mol. The van der Waals surface area contributed by atoms with Crippen LogP contribution in [0.3, 0.4) is 0 Å². The fourth-order valence-electron chi connectivity index (χ4n) is 2.46. The molecule has 0 fully saturated rings. The Kier molecular flexibility index (Phi) is 5.55. The number of thiophene rings is 1. The Hall–Kier alpha value is -2.12. The van der Waals surface area contributed by atoms with E-state index in [0.717, 1.165) is 22.1 Å². The number of hydrogen-bond acceptors (Lipinski definition) is 5. The van der Waals surface area contributed by atoms with E-state index in [1.54, 1.807) is 16.2 Å². The standard InChI is InChI=1S/C18H20N4OS2/c1-13-7-4-5-9-15(13)17-19-20-18(22(17)3)25-12-16(23)21(2)11-14-8-6-10-24-14/h4-10H,11-12H2,1-3H3. The second-order valence-electron chi connectivity index (χ2n) is 5.80. The van der Waals surface area contributed by atoms with E-state index in [0.29, 0.717) is 12.3 Å². The summed E-state index contributed by atoms with van der Waals surface area (Å²) in [6.45, 7) is 2.70. The lowest BCUT2D eigenvalue weighted by atomic mass is 10.1. The molecule has 0 saturated heterocycles. The van der Waals surface area contributed by atoms with Gasteiger partial charge in [0.2, 0.25) is 5.91 Å². The van der Waals surface area contributed by atoms with Gasteiger partial charge in [-0.25, -0.2) is 0 Å². The fraction of sp³-hybridized carbons (Fsp3) is 0.278. The topological polar surface area (TPSA) is 51.0 Å². The second-order valence-corrected chi connectivity index (χ2v) is 7.77. The molecule has 130 valence electrons. The van der Waals surface area contributed by atoms with Crippen LogP contribution in [-0.2, 0) is 18.4 Å². The van der Waals surface area contributed by atoms with E-state index in [2.05, 4.69) is 23.2 Å². The molecule has 1 aromatic carbocycles. The van der Waals surface area contributed by atoms with Crippen molar-refractivity contribution in [3.63, 3.8) is 0 Å². The molecule has 0 spiro atoms. The van der Waals surface area contributed by atoms with Gasteiger partial charge in [-0.05, 0) is 23.9 Å². The molecule has 7 heteroatoms. The molecule has 0 atom stereocenters. The largest absolute Gasteiger partial charge is 0.340 e. The van der Waals surface area contributed by atoms with E-state index in [1.165, 1.54) is 16.6 Å². The maximum atomic E-state index is 12.3. The minimum absolute atomic E-state index is 0.0823. The van der Waals surface area contributed by atoms with Gasteiger partial charge in [0.25, 0.3) is 0 Å². The van der Waals surface area contributed by atoms with E-state index in [4.69, 9.17) is 0 Å². The van der Waals surface area contributed by atoms with Crippen LogP contribution in [0.4, 0.5) is 0 Å². The van der Waals surface area contributed by atoms with Gasteiger partial charge in [0.1, 0.15) is 0 Å². The number of rotatable bonds is 6. The molecule has 5 nitrogen and oxygen atoms in total. The molecular formula is C18H20N4OS2. The van der Waals surface area contributed by atoms with Gasteiger partial charge < -0.3 is 9.47 Å². The van der Waals surface area contributed by atoms with E-state index >= 15 is 0 Å². The monoisotopic (exact) mass is 372 g/mol. The minimum atomic E-state index is 0.0823. The van der Waals surface area contributed by atoms with E-state index in [9.17, 15) is 4.79 Å². The Bertz CT molecular complexity index is 858. The van der Waals surface area contributed by atoms with Crippen LogP contribution in [0, 0.1) is 6.92 Å². The number of thioether (sulfide) groups is 1. The number of carbonyl (C=O) groups excluding carboxylic acids is 1. The van der Waals surface area contributed by atoms with Gasteiger partial charge in [-0.1, -0.05) is 42.1 Å². The molecule has 3 rings (SSSR count). The third kappa shape index (κ3) is 4.11. The Balaban J connectivity index is 1.64. The first kappa shape index (κ1) is 17.7. The van der Waals surface area contributed by atoms with Crippen molar-refractivity contribution in [2.24, 2.45) is 7.05 Å². The van der Waals surface area contributed by atoms with Crippen molar-refractivity contribution in [2.45, 2.75) is 18.6 Å². The molecule has 0 bridgehead atoms. The fourth-order valence-corrected chi connectivity index (χ4v) is 4.07. The average molecular weight is 373 g/mol. The molecule has 0 aliphatic rings. The molecule has 2 aromatic heterocycles. The Labute approximate surface area is 155 Å². The Morgan fingerprint density at radius 2 is 2.04 bits per heavy atom. The SMILES string of the molecule is Cc1ccccc1-c1nnc(SCC(=O)N(C)Cc2cccs2)n1C. The highest BCUT2D eigenvalue weighted by molar-refractivity contribution is 7.99. The van der Waals surface area contributed by atoms with Gasteiger partial charge in [-0.2, -0.15) is 0 Å². The third-order valence-corrected chi connectivity index (χ3v) is 5.81. The minimum Gasteiger partial charge on any atom is -0.340 e. The maximum absolute atomic E-state index is 12.3. The van der Waals surface area contributed by atoms with Crippen LogP contribution in [0.25, 0.3) is 11.4 Å². The molecular weight excluding hydrogens is 352 g/mol. The molecule has 0 radical (unpaired) electrons. The second kappa shape index (κ2) is 7.84. The van der Waals surface area contributed by atoms with Crippen LogP contribution in [-0.4, -0.2) is 38.4 Å². The van der Waals surface area contributed by atoms with Crippen molar-refractivity contribution in [2.75, 3.05) is 12.8 Å². The molecule has 0 aliphatic heterocycles. The maximum Gasteiger partial charge on any atom is 0.233 e.